The first-order valence-corrected chi connectivity index (χ1v) is 8.13. The summed E-state index contributed by atoms with van der Waals surface area (Å²) in [5.74, 6) is 0. The number of aromatic nitrogens is 2. The lowest BCUT2D eigenvalue weighted by Gasteiger charge is -2.31. The zero-order valence-corrected chi connectivity index (χ0v) is 12.9. The molecule has 3 heterocycles. The molecule has 2 bridgehead atoms. The molecule has 0 radical (unpaired) electrons. The summed E-state index contributed by atoms with van der Waals surface area (Å²) in [6.45, 7) is 0. The van der Waals surface area contributed by atoms with Crippen molar-refractivity contribution >= 4 is 15.9 Å². The Morgan fingerprint density at radius 1 is 1.20 bits per heavy atom. The standard InChI is InChI=1S/C16H18BrN3/c17-12-3-1-2-11(6-12)16-9-18-10-20(16)15-7-13-4-5-14(8-15)19-13/h1-3,6,9-10,13-15,19H,4-5,7-8H2. The van der Waals surface area contributed by atoms with Crippen LogP contribution in [0.5, 0.6) is 0 Å². The predicted molar refractivity (Wildman–Crippen MR) is 83.6 cm³/mol. The van der Waals surface area contributed by atoms with E-state index in [2.05, 4.69) is 55.1 Å². The van der Waals surface area contributed by atoms with Gasteiger partial charge in [-0.3, -0.25) is 0 Å². The summed E-state index contributed by atoms with van der Waals surface area (Å²) in [4.78, 5) is 4.40. The fraction of sp³-hybridized carbons (Fsp3) is 0.438. The molecule has 2 aliphatic heterocycles. The van der Waals surface area contributed by atoms with E-state index in [1.807, 2.05) is 12.5 Å². The molecule has 4 heteroatoms. The first-order valence-electron chi connectivity index (χ1n) is 7.33. The van der Waals surface area contributed by atoms with Gasteiger partial charge in [-0.1, -0.05) is 28.1 Å². The SMILES string of the molecule is Brc1cccc(-c2cncn2C2CC3CCC(C2)N3)c1. The molecular weight excluding hydrogens is 314 g/mol. The summed E-state index contributed by atoms with van der Waals surface area (Å²) >= 11 is 3.56. The molecule has 1 N–H and O–H groups in total. The van der Waals surface area contributed by atoms with Gasteiger partial charge in [-0.25, -0.2) is 4.98 Å². The topological polar surface area (TPSA) is 29.9 Å². The Morgan fingerprint density at radius 2 is 2.00 bits per heavy atom. The number of hydrogen-bond donors (Lipinski definition) is 1. The molecule has 0 aliphatic carbocycles. The molecule has 2 fully saturated rings. The molecular formula is C16H18BrN3. The van der Waals surface area contributed by atoms with Crippen LogP contribution in [0.2, 0.25) is 0 Å². The number of benzene rings is 1. The summed E-state index contributed by atoms with van der Waals surface area (Å²) in [6.07, 6.45) is 9.13. The van der Waals surface area contributed by atoms with Crippen LogP contribution in [0.25, 0.3) is 11.3 Å². The smallest absolute Gasteiger partial charge is 0.0953 e. The zero-order valence-electron chi connectivity index (χ0n) is 11.3. The molecule has 20 heavy (non-hydrogen) atoms. The van der Waals surface area contributed by atoms with Crippen LogP contribution in [0.3, 0.4) is 0 Å². The first-order chi connectivity index (χ1) is 9.79. The van der Waals surface area contributed by atoms with Crippen molar-refractivity contribution in [1.82, 2.24) is 14.9 Å². The van der Waals surface area contributed by atoms with Gasteiger partial charge in [0.05, 0.1) is 18.2 Å². The highest BCUT2D eigenvalue weighted by Crippen LogP contribution is 2.36. The third-order valence-corrected chi connectivity index (χ3v) is 5.12. The molecule has 1 aromatic carbocycles. The van der Waals surface area contributed by atoms with E-state index in [9.17, 15) is 0 Å². The van der Waals surface area contributed by atoms with Crippen LogP contribution < -0.4 is 5.32 Å². The Hall–Kier alpha value is -1.13. The predicted octanol–water partition coefficient (Wildman–Crippen LogP) is 3.77. The largest absolute Gasteiger partial charge is 0.327 e. The maximum absolute atomic E-state index is 4.40. The van der Waals surface area contributed by atoms with Gasteiger partial charge in [-0.05, 0) is 37.8 Å². The molecule has 2 aromatic rings. The lowest BCUT2D eigenvalue weighted by atomic mass is 9.99. The number of piperidine rings is 1. The number of imidazole rings is 1. The van der Waals surface area contributed by atoms with Crippen molar-refractivity contribution in [2.24, 2.45) is 0 Å². The summed E-state index contributed by atoms with van der Waals surface area (Å²) in [5.41, 5.74) is 2.47. The van der Waals surface area contributed by atoms with Crippen molar-refractivity contribution in [3.8, 4) is 11.3 Å². The highest BCUT2D eigenvalue weighted by molar-refractivity contribution is 9.10. The highest BCUT2D eigenvalue weighted by Gasteiger charge is 2.34. The van der Waals surface area contributed by atoms with Crippen molar-refractivity contribution in [3.05, 3.63) is 41.3 Å². The van der Waals surface area contributed by atoms with Crippen LogP contribution in [-0.2, 0) is 0 Å². The van der Waals surface area contributed by atoms with Crippen LogP contribution >= 0.6 is 15.9 Å². The second-order valence-electron chi connectivity index (χ2n) is 5.96. The van der Waals surface area contributed by atoms with E-state index in [0.717, 1.165) is 4.47 Å². The minimum absolute atomic E-state index is 0.588. The fourth-order valence-corrected chi connectivity index (χ4v) is 4.12. The maximum Gasteiger partial charge on any atom is 0.0953 e. The molecule has 104 valence electrons. The average molecular weight is 332 g/mol. The normalized spacial score (nSPS) is 28.8. The Morgan fingerprint density at radius 3 is 2.75 bits per heavy atom. The second-order valence-corrected chi connectivity index (χ2v) is 6.88. The maximum atomic E-state index is 4.40. The average Bonchev–Trinajstić information content (AvgIpc) is 3.05. The van der Waals surface area contributed by atoms with Crippen molar-refractivity contribution in [2.45, 2.75) is 43.8 Å². The third kappa shape index (κ3) is 2.21. The van der Waals surface area contributed by atoms with Crippen LogP contribution in [0, 0.1) is 0 Å². The molecule has 4 rings (SSSR count). The van der Waals surface area contributed by atoms with Gasteiger partial charge in [-0.15, -0.1) is 0 Å². The van der Waals surface area contributed by atoms with E-state index < -0.39 is 0 Å². The van der Waals surface area contributed by atoms with Crippen molar-refractivity contribution < 1.29 is 0 Å². The molecule has 2 unspecified atom stereocenters. The minimum Gasteiger partial charge on any atom is -0.327 e. The van der Waals surface area contributed by atoms with E-state index in [1.54, 1.807) is 0 Å². The summed E-state index contributed by atoms with van der Waals surface area (Å²) < 4.78 is 3.50. The summed E-state index contributed by atoms with van der Waals surface area (Å²) in [5, 5.41) is 3.71. The lowest BCUT2D eigenvalue weighted by Crippen LogP contribution is -2.38. The van der Waals surface area contributed by atoms with Crippen LogP contribution in [-0.4, -0.2) is 21.6 Å². The highest BCUT2D eigenvalue weighted by atomic mass is 79.9. The fourth-order valence-electron chi connectivity index (χ4n) is 3.72. The van der Waals surface area contributed by atoms with E-state index in [0.29, 0.717) is 18.1 Å². The van der Waals surface area contributed by atoms with Gasteiger partial charge < -0.3 is 9.88 Å². The summed E-state index contributed by atoms with van der Waals surface area (Å²) in [6, 6.07) is 10.5. The van der Waals surface area contributed by atoms with Gasteiger partial charge in [0.1, 0.15) is 0 Å². The van der Waals surface area contributed by atoms with E-state index >= 15 is 0 Å². The molecule has 2 atom stereocenters. The molecule has 0 spiro atoms. The van der Waals surface area contributed by atoms with E-state index in [4.69, 9.17) is 0 Å². The quantitative estimate of drug-likeness (QED) is 0.907. The Labute approximate surface area is 127 Å². The molecule has 3 nitrogen and oxygen atoms in total. The van der Waals surface area contributed by atoms with Gasteiger partial charge in [-0.2, -0.15) is 0 Å². The number of halogens is 1. The molecule has 2 aliphatic rings. The van der Waals surface area contributed by atoms with Gasteiger partial charge in [0.2, 0.25) is 0 Å². The number of nitrogens with one attached hydrogen (secondary N) is 1. The monoisotopic (exact) mass is 331 g/mol. The van der Waals surface area contributed by atoms with Crippen molar-refractivity contribution in [2.75, 3.05) is 0 Å². The van der Waals surface area contributed by atoms with E-state index in [-0.39, 0.29) is 0 Å². The Balaban J connectivity index is 1.68. The van der Waals surface area contributed by atoms with Crippen molar-refractivity contribution in [3.63, 3.8) is 0 Å². The number of fused-ring (bicyclic) bond motifs is 2. The van der Waals surface area contributed by atoms with Crippen LogP contribution in [0.15, 0.2) is 41.3 Å². The zero-order chi connectivity index (χ0) is 13.5. The van der Waals surface area contributed by atoms with Gasteiger partial charge in [0.25, 0.3) is 0 Å². The molecule has 0 saturated carbocycles. The lowest BCUT2D eigenvalue weighted by molar-refractivity contribution is 0.300. The second kappa shape index (κ2) is 5.01. The molecule has 1 aromatic heterocycles. The van der Waals surface area contributed by atoms with Gasteiger partial charge in [0.15, 0.2) is 0 Å². The van der Waals surface area contributed by atoms with Crippen LogP contribution in [0.4, 0.5) is 0 Å². The Kier molecular flexibility index (Phi) is 3.15. The number of rotatable bonds is 2. The van der Waals surface area contributed by atoms with Gasteiger partial charge >= 0.3 is 0 Å². The third-order valence-electron chi connectivity index (χ3n) is 4.63. The number of hydrogen-bond acceptors (Lipinski definition) is 2. The summed E-state index contributed by atoms with van der Waals surface area (Å²) in [7, 11) is 0. The van der Waals surface area contributed by atoms with Gasteiger partial charge in [0, 0.05) is 28.2 Å². The van der Waals surface area contributed by atoms with E-state index in [1.165, 1.54) is 36.9 Å². The van der Waals surface area contributed by atoms with Crippen LogP contribution in [0.1, 0.15) is 31.7 Å². The minimum atomic E-state index is 0.588. The molecule has 0 amide bonds. The number of nitrogens with zero attached hydrogens (tertiary/aromatic N) is 2. The van der Waals surface area contributed by atoms with Crippen molar-refractivity contribution in [1.29, 1.82) is 0 Å². The Bertz CT molecular complexity index is 610. The molecule has 2 saturated heterocycles. The first kappa shape index (κ1) is 12.6.